The number of ether oxygens (including phenoxy) is 2. The van der Waals surface area contributed by atoms with Crippen LogP contribution in [0.3, 0.4) is 0 Å². The molecule has 1 heterocycles. The van der Waals surface area contributed by atoms with Crippen LogP contribution in [0.2, 0.25) is 5.02 Å². The Balaban J connectivity index is 1.79. The maximum Gasteiger partial charge on any atom is 0.231 e. The first-order valence-corrected chi connectivity index (χ1v) is 8.01. The van der Waals surface area contributed by atoms with Gasteiger partial charge in [-0.15, -0.1) is 0 Å². The molecule has 24 heavy (non-hydrogen) atoms. The van der Waals surface area contributed by atoms with E-state index in [-0.39, 0.29) is 5.78 Å². The largest absolute Gasteiger partial charge is 0.489 e. The minimum atomic E-state index is -0.129. The molecule has 2 aromatic rings. The zero-order valence-electron chi connectivity index (χ0n) is 13.5. The molecule has 3 rings (SSSR count). The number of rotatable bonds is 4. The van der Waals surface area contributed by atoms with E-state index in [9.17, 15) is 4.79 Å². The van der Waals surface area contributed by atoms with Gasteiger partial charge in [0, 0.05) is 11.1 Å². The second-order valence-electron chi connectivity index (χ2n) is 5.74. The normalized spacial score (nSPS) is 14.3. The van der Waals surface area contributed by atoms with E-state index in [4.69, 9.17) is 21.1 Å². The number of allylic oxidation sites excluding steroid dienone is 2. The predicted octanol–water partition coefficient (Wildman–Crippen LogP) is 5.30. The third-order valence-corrected chi connectivity index (χ3v) is 3.80. The zero-order chi connectivity index (χ0) is 17.1. The molecule has 0 fully saturated rings. The molecule has 0 N–H and O–H groups in total. The average molecular weight is 341 g/mol. The minimum Gasteiger partial charge on any atom is -0.489 e. The number of Topliss-reactive ketones (excluding diaryl/α,β-unsaturated/α-hetero) is 1. The number of carbonyl (C=O) groups excluding carboxylic acids is 1. The van der Waals surface area contributed by atoms with Gasteiger partial charge in [-0.05, 0) is 55.8 Å². The molecule has 2 aromatic carbocycles. The SMILES string of the molecule is CC(C)=CCOc1ccc2c(c1)O/C(=C\c1ccc(Cl)cc1)C2=O. The number of carbonyl (C=O) groups is 1. The van der Waals surface area contributed by atoms with Gasteiger partial charge in [-0.3, -0.25) is 4.79 Å². The van der Waals surface area contributed by atoms with Gasteiger partial charge in [0.2, 0.25) is 5.78 Å². The molecular weight excluding hydrogens is 324 g/mol. The second-order valence-corrected chi connectivity index (χ2v) is 6.18. The predicted molar refractivity (Wildman–Crippen MR) is 95.8 cm³/mol. The summed E-state index contributed by atoms with van der Waals surface area (Å²) in [5.41, 5.74) is 2.59. The smallest absolute Gasteiger partial charge is 0.231 e. The second kappa shape index (κ2) is 6.93. The summed E-state index contributed by atoms with van der Waals surface area (Å²) in [6, 6.07) is 12.5. The lowest BCUT2D eigenvalue weighted by atomic mass is 10.1. The van der Waals surface area contributed by atoms with Gasteiger partial charge in [0.15, 0.2) is 5.76 Å². The summed E-state index contributed by atoms with van der Waals surface area (Å²) in [5.74, 6) is 1.37. The molecule has 0 spiro atoms. The molecule has 4 heteroatoms. The fourth-order valence-electron chi connectivity index (χ4n) is 2.27. The molecule has 0 aliphatic carbocycles. The van der Waals surface area contributed by atoms with Crippen molar-refractivity contribution in [3.8, 4) is 11.5 Å². The maximum atomic E-state index is 12.4. The summed E-state index contributed by atoms with van der Waals surface area (Å²) in [4.78, 5) is 12.4. The van der Waals surface area contributed by atoms with Crippen LogP contribution in [0.5, 0.6) is 11.5 Å². The number of fused-ring (bicyclic) bond motifs is 1. The van der Waals surface area contributed by atoms with Crippen molar-refractivity contribution in [2.24, 2.45) is 0 Å². The Labute approximate surface area is 146 Å². The van der Waals surface area contributed by atoms with Gasteiger partial charge in [-0.25, -0.2) is 0 Å². The lowest BCUT2D eigenvalue weighted by Crippen LogP contribution is -1.97. The molecular formula is C20H17ClO3. The van der Waals surface area contributed by atoms with Gasteiger partial charge in [-0.2, -0.15) is 0 Å². The molecule has 0 unspecified atom stereocenters. The van der Waals surface area contributed by atoms with E-state index < -0.39 is 0 Å². The van der Waals surface area contributed by atoms with Crippen LogP contribution in [0, 0.1) is 0 Å². The number of halogens is 1. The van der Waals surface area contributed by atoms with Crippen molar-refractivity contribution >= 4 is 23.5 Å². The first-order chi connectivity index (χ1) is 11.5. The van der Waals surface area contributed by atoms with Crippen LogP contribution in [0.15, 0.2) is 59.9 Å². The molecule has 0 aromatic heterocycles. The van der Waals surface area contributed by atoms with Crippen molar-refractivity contribution in [3.05, 3.63) is 76.0 Å². The highest BCUT2D eigenvalue weighted by atomic mass is 35.5. The van der Waals surface area contributed by atoms with Gasteiger partial charge in [0.1, 0.15) is 18.1 Å². The quantitative estimate of drug-likeness (QED) is 0.559. The number of benzene rings is 2. The molecule has 122 valence electrons. The molecule has 0 saturated heterocycles. The standard InChI is InChI=1S/C20H17ClO3/c1-13(2)9-10-23-16-7-8-17-18(12-16)24-19(20(17)22)11-14-3-5-15(21)6-4-14/h3-9,11-12H,10H2,1-2H3/b19-11-. The van der Waals surface area contributed by atoms with Gasteiger partial charge in [0.05, 0.1) is 5.56 Å². The molecule has 0 amide bonds. The van der Waals surface area contributed by atoms with Crippen LogP contribution in [0.4, 0.5) is 0 Å². The lowest BCUT2D eigenvalue weighted by molar-refractivity contribution is 0.101. The van der Waals surface area contributed by atoms with Crippen molar-refractivity contribution in [2.75, 3.05) is 6.61 Å². The Kier molecular flexibility index (Phi) is 4.72. The Morgan fingerprint density at radius 3 is 2.62 bits per heavy atom. The van der Waals surface area contributed by atoms with Crippen molar-refractivity contribution in [3.63, 3.8) is 0 Å². The monoisotopic (exact) mass is 340 g/mol. The third-order valence-electron chi connectivity index (χ3n) is 3.55. The summed E-state index contributed by atoms with van der Waals surface area (Å²) >= 11 is 5.87. The topological polar surface area (TPSA) is 35.5 Å². The highest BCUT2D eigenvalue weighted by molar-refractivity contribution is 6.30. The maximum absolute atomic E-state index is 12.4. The highest BCUT2D eigenvalue weighted by Crippen LogP contribution is 2.35. The van der Waals surface area contributed by atoms with Crippen LogP contribution < -0.4 is 9.47 Å². The number of hydrogen-bond acceptors (Lipinski definition) is 3. The van der Waals surface area contributed by atoms with E-state index in [2.05, 4.69) is 0 Å². The zero-order valence-corrected chi connectivity index (χ0v) is 14.3. The van der Waals surface area contributed by atoms with E-state index >= 15 is 0 Å². The van der Waals surface area contributed by atoms with Crippen LogP contribution in [-0.4, -0.2) is 12.4 Å². The summed E-state index contributed by atoms with van der Waals surface area (Å²) in [7, 11) is 0. The van der Waals surface area contributed by atoms with E-state index in [1.165, 1.54) is 5.57 Å². The summed E-state index contributed by atoms with van der Waals surface area (Å²) < 4.78 is 11.3. The van der Waals surface area contributed by atoms with Gasteiger partial charge in [0.25, 0.3) is 0 Å². The minimum absolute atomic E-state index is 0.129. The van der Waals surface area contributed by atoms with Gasteiger partial charge < -0.3 is 9.47 Å². The number of ketones is 1. The Hall–Kier alpha value is -2.52. The Morgan fingerprint density at radius 1 is 1.17 bits per heavy atom. The van der Waals surface area contributed by atoms with Crippen molar-refractivity contribution in [2.45, 2.75) is 13.8 Å². The van der Waals surface area contributed by atoms with Crippen LogP contribution in [-0.2, 0) is 0 Å². The molecule has 1 aliphatic rings. The highest BCUT2D eigenvalue weighted by Gasteiger charge is 2.27. The summed E-state index contributed by atoms with van der Waals surface area (Å²) in [6.07, 6.45) is 3.70. The van der Waals surface area contributed by atoms with Crippen molar-refractivity contribution < 1.29 is 14.3 Å². The number of hydrogen-bond donors (Lipinski definition) is 0. The molecule has 1 aliphatic heterocycles. The van der Waals surface area contributed by atoms with E-state index in [0.29, 0.717) is 34.5 Å². The van der Waals surface area contributed by atoms with E-state index in [1.807, 2.05) is 32.1 Å². The third kappa shape index (κ3) is 3.69. The molecule has 0 saturated carbocycles. The van der Waals surface area contributed by atoms with E-state index in [0.717, 1.165) is 5.56 Å². The fraction of sp³-hybridized carbons (Fsp3) is 0.150. The van der Waals surface area contributed by atoms with Crippen LogP contribution in [0.25, 0.3) is 6.08 Å². The average Bonchev–Trinajstić information content (AvgIpc) is 2.85. The molecule has 0 radical (unpaired) electrons. The Bertz CT molecular complexity index is 828. The first-order valence-electron chi connectivity index (χ1n) is 7.63. The Morgan fingerprint density at radius 2 is 1.92 bits per heavy atom. The molecule has 0 bridgehead atoms. The summed E-state index contributed by atoms with van der Waals surface area (Å²) in [5, 5.41) is 0.650. The molecule has 0 atom stereocenters. The first kappa shape index (κ1) is 16.3. The van der Waals surface area contributed by atoms with Gasteiger partial charge in [-0.1, -0.05) is 29.3 Å². The van der Waals surface area contributed by atoms with Gasteiger partial charge >= 0.3 is 0 Å². The van der Waals surface area contributed by atoms with Crippen LogP contribution >= 0.6 is 11.6 Å². The van der Waals surface area contributed by atoms with Crippen LogP contribution in [0.1, 0.15) is 29.8 Å². The molecule has 3 nitrogen and oxygen atoms in total. The lowest BCUT2D eigenvalue weighted by Gasteiger charge is -2.05. The van der Waals surface area contributed by atoms with Crippen molar-refractivity contribution in [1.29, 1.82) is 0 Å². The fourth-order valence-corrected chi connectivity index (χ4v) is 2.40. The summed E-state index contributed by atoms with van der Waals surface area (Å²) in [6.45, 7) is 4.52. The van der Waals surface area contributed by atoms with E-state index in [1.54, 1.807) is 36.4 Å². The van der Waals surface area contributed by atoms with Crippen molar-refractivity contribution in [1.82, 2.24) is 0 Å².